The largest absolute Gasteiger partial charge is 0.508 e. The van der Waals surface area contributed by atoms with Crippen molar-refractivity contribution in [3.8, 4) is 5.75 Å². The van der Waals surface area contributed by atoms with Gasteiger partial charge in [-0.1, -0.05) is 80.9 Å². The van der Waals surface area contributed by atoms with Crippen molar-refractivity contribution >= 4 is 121 Å². The van der Waals surface area contributed by atoms with Crippen LogP contribution in [-0.2, 0) is 89.9 Å². The lowest BCUT2D eigenvalue weighted by atomic mass is 9.85. The molecule has 0 aliphatic carbocycles. The molecule has 13 atom stereocenters. The number of aromatic hydroxyl groups is 1. The fourth-order valence-corrected chi connectivity index (χ4v) is 15.6. The van der Waals surface area contributed by atoms with E-state index in [1.807, 2.05) is 20.8 Å². The Labute approximate surface area is 588 Å². The van der Waals surface area contributed by atoms with Gasteiger partial charge in [0.2, 0.25) is 65.0 Å². The van der Waals surface area contributed by atoms with E-state index in [0.29, 0.717) is 12.0 Å². The van der Waals surface area contributed by atoms with Gasteiger partial charge in [0, 0.05) is 104 Å². The number of carbonyl (C=O) groups is 14. The number of thioether (sulfide) groups is 1. The van der Waals surface area contributed by atoms with Crippen LogP contribution in [0.5, 0.6) is 5.75 Å². The van der Waals surface area contributed by atoms with E-state index in [2.05, 4.69) is 47.5 Å². The molecule has 3 aromatic rings. The number of nitrogens with one attached hydrogen (secondary N) is 9. The quantitative estimate of drug-likeness (QED) is 0.0633. The molecule has 0 saturated carbocycles. The first kappa shape index (κ1) is 79.7. The maximum Gasteiger partial charge on any atom is 0.243 e. The van der Waals surface area contributed by atoms with Gasteiger partial charge in [-0.3, -0.25) is 72.0 Å². The molecule has 13 N–H and O–H groups in total. The Bertz CT molecular complexity index is 3800. The van der Waals surface area contributed by atoms with Crippen LogP contribution >= 0.6 is 11.8 Å². The number of nitrogens with zero attached hydrogens (tertiary/aromatic N) is 2. The zero-order valence-corrected chi connectivity index (χ0v) is 59.6. The molecule has 7 rings (SSSR count). The number of phenols is 1. The number of aliphatic hydroxyl groups is 3. The van der Waals surface area contributed by atoms with E-state index in [-0.39, 0.29) is 76.8 Å². The molecule has 2 bridgehead atoms. The monoisotopic (exact) mass is 1450 g/mol. The minimum atomic E-state index is -4.99. The summed E-state index contributed by atoms with van der Waals surface area (Å²) in [6.45, 7) is 11.7. The normalized spacial score (nSPS) is 24.6. The molecule has 2 aromatic carbocycles. The zero-order valence-electron chi connectivity index (χ0n) is 58.0. The fraction of sp³-hybridized carbons (Fsp3) is 0.588. The van der Waals surface area contributed by atoms with Gasteiger partial charge in [-0.25, -0.2) is 8.42 Å². The first-order valence-corrected chi connectivity index (χ1v) is 36.3. The number of benzene rings is 2. The molecule has 552 valence electrons. The highest BCUT2D eigenvalue weighted by molar-refractivity contribution is 8.01. The van der Waals surface area contributed by atoms with Crippen molar-refractivity contribution in [3.63, 3.8) is 0 Å². The van der Waals surface area contributed by atoms with Crippen LogP contribution < -0.4 is 42.5 Å². The lowest BCUT2D eigenvalue weighted by Gasteiger charge is -2.32. The van der Waals surface area contributed by atoms with E-state index in [9.17, 15) is 78.0 Å². The van der Waals surface area contributed by atoms with Crippen LogP contribution in [0.4, 0.5) is 5.69 Å². The van der Waals surface area contributed by atoms with Gasteiger partial charge in [0.25, 0.3) is 0 Å². The summed E-state index contributed by atoms with van der Waals surface area (Å²) < 4.78 is 30.1. The highest BCUT2D eigenvalue weighted by Crippen LogP contribution is 2.36. The number of anilines is 1. The van der Waals surface area contributed by atoms with Crippen LogP contribution in [0.15, 0.2) is 47.5 Å². The topological polar surface area (TPSA) is 473 Å². The van der Waals surface area contributed by atoms with Crippen LogP contribution in [0, 0.1) is 35.5 Å². The van der Waals surface area contributed by atoms with Gasteiger partial charge in [-0.05, 0) is 53.6 Å². The van der Waals surface area contributed by atoms with Crippen LogP contribution in [0.2, 0.25) is 0 Å². The summed E-state index contributed by atoms with van der Waals surface area (Å²) in [5.41, 5.74) is 0.509. The van der Waals surface area contributed by atoms with E-state index in [0.717, 1.165) is 15.9 Å². The average molecular weight is 1450 g/mol. The lowest BCUT2D eigenvalue weighted by molar-refractivity contribution is -0.145. The Morgan fingerprint density at radius 2 is 1.45 bits per heavy atom. The molecule has 1 aromatic heterocycles. The number of rotatable bonds is 20. The minimum absolute atomic E-state index is 0.0217. The zero-order chi connectivity index (χ0) is 74.7. The summed E-state index contributed by atoms with van der Waals surface area (Å²) in [4.78, 5) is 201. The highest BCUT2D eigenvalue weighted by atomic mass is 32.2. The molecule has 1 unspecified atom stereocenters. The number of carbonyl (C=O) groups excluding carboxylic acids is 14. The number of sulfone groups is 1. The van der Waals surface area contributed by atoms with Gasteiger partial charge in [0.1, 0.15) is 28.9 Å². The number of imide groups is 1. The predicted molar refractivity (Wildman–Crippen MR) is 366 cm³/mol. The van der Waals surface area contributed by atoms with Crippen molar-refractivity contribution in [2.24, 2.45) is 35.5 Å². The number of hydrogen-bond acceptors (Lipinski definition) is 21. The molecular formula is C68H93N11O20S2. The summed E-state index contributed by atoms with van der Waals surface area (Å²) in [6, 6.07) is 1.84. The summed E-state index contributed by atoms with van der Waals surface area (Å²) in [5, 5.41) is 62.1. The second kappa shape index (κ2) is 34.3. The van der Waals surface area contributed by atoms with Gasteiger partial charge < -0.3 is 72.8 Å². The Balaban J connectivity index is 1.14. The molecule has 4 aliphatic heterocycles. The van der Waals surface area contributed by atoms with Crippen LogP contribution in [0.3, 0.4) is 0 Å². The molecule has 0 radical (unpaired) electrons. The molecule has 11 amide bonds. The molecular weight excluding hydrogens is 1350 g/mol. The van der Waals surface area contributed by atoms with E-state index >= 15 is 18.0 Å². The number of likely N-dealkylation sites (tertiary alicyclic amines) is 1. The molecule has 0 spiro atoms. The Morgan fingerprint density at radius 1 is 0.782 bits per heavy atom. The number of aromatic nitrogens is 1. The number of phenolic OH excluding ortho intramolecular Hbond substituents is 1. The van der Waals surface area contributed by atoms with Gasteiger partial charge in [0.05, 0.1) is 66.4 Å². The van der Waals surface area contributed by atoms with Gasteiger partial charge >= 0.3 is 0 Å². The number of ketones is 3. The van der Waals surface area contributed by atoms with Crippen molar-refractivity contribution in [1.82, 2.24) is 52.0 Å². The second-order valence-corrected chi connectivity index (χ2v) is 31.9. The maximum atomic E-state index is 15.2. The van der Waals surface area contributed by atoms with Crippen LogP contribution in [0.25, 0.3) is 10.9 Å². The second-order valence-electron chi connectivity index (χ2n) is 27.9. The number of fused-ring (bicyclic) bond motifs is 5. The number of hydrogen-bond donors (Lipinski definition) is 13. The smallest absolute Gasteiger partial charge is 0.243 e. The first-order valence-electron chi connectivity index (χ1n) is 33.7. The summed E-state index contributed by atoms with van der Waals surface area (Å²) in [6.07, 6.45) is -7.23. The number of Topliss-reactive ketones (excluding diaryl/α,β-unsaturated/α-hetero) is 3. The summed E-state index contributed by atoms with van der Waals surface area (Å²) >= 11 is 1.37. The van der Waals surface area contributed by atoms with Crippen molar-refractivity contribution in [2.45, 2.75) is 184 Å². The third kappa shape index (κ3) is 21.0. The SMILES string of the molecule is CC[C@H](C)[C@@H]1NC(=O)CNC(=O)[C@H]2CC(=O)[C@H]([C@@H](C)[C@@H](O)CO)NC(=O)[C@@H]3C[C@@H](O)CN3C(=O)[C@H](CC(=O)NCc3ccc(NC(=O)[C@H](C)CC(=O)[C@@H](NC(=O)CCN4C(=O)CC(SC(C)(C)C)C4=O)C(C)C)cc3)CC(=O)[C@H](CS(=O)(=O)c3[nH]c4cc(O)ccc4c3C2)NC(=O)CNC1=O. The lowest BCUT2D eigenvalue weighted by Crippen LogP contribution is -2.56. The van der Waals surface area contributed by atoms with Crippen molar-refractivity contribution in [2.75, 3.05) is 43.9 Å². The molecule has 31 nitrogen and oxygen atoms in total. The van der Waals surface area contributed by atoms with E-state index in [1.54, 1.807) is 27.7 Å². The van der Waals surface area contributed by atoms with Crippen molar-refractivity contribution in [3.05, 3.63) is 53.6 Å². The van der Waals surface area contributed by atoms with E-state index in [4.69, 9.17) is 0 Å². The molecule has 101 heavy (non-hydrogen) atoms. The van der Waals surface area contributed by atoms with E-state index < -0.39 is 233 Å². The van der Waals surface area contributed by atoms with Crippen molar-refractivity contribution in [1.29, 1.82) is 0 Å². The molecule has 5 heterocycles. The third-order valence-electron chi connectivity index (χ3n) is 18.5. The fourth-order valence-electron chi connectivity index (χ4n) is 12.6. The van der Waals surface area contributed by atoms with E-state index in [1.165, 1.54) is 62.0 Å². The maximum absolute atomic E-state index is 15.2. The van der Waals surface area contributed by atoms with Crippen molar-refractivity contribution < 1.29 is 96.0 Å². The summed E-state index contributed by atoms with van der Waals surface area (Å²) in [5.74, 6) is -19.8. The molecule has 33 heteroatoms. The summed E-state index contributed by atoms with van der Waals surface area (Å²) in [7, 11) is -4.99. The first-order chi connectivity index (χ1) is 47.4. The Kier molecular flexibility index (Phi) is 27.1. The molecule has 2 fully saturated rings. The predicted octanol–water partition coefficient (Wildman–Crippen LogP) is -0.518. The molecule has 2 saturated heterocycles. The minimum Gasteiger partial charge on any atom is -0.508 e. The van der Waals surface area contributed by atoms with Gasteiger partial charge in [-0.15, -0.1) is 11.8 Å². The van der Waals surface area contributed by atoms with Crippen LogP contribution in [-0.4, -0.2) is 217 Å². The van der Waals surface area contributed by atoms with Crippen LogP contribution in [0.1, 0.15) is 125 Å². The standard InChI is InChI=1S/C68H93N11O20S2/c1-10-34(4)59-64(95)71-28-55(89)73-46-32-101(98,99)65-44(43-16-15-41(81)24-45(43)74-65)20-38(62(93)70-29-56(90)76-59)21-50(85)60(36(6)51(86)31-80)77-63(94)47-25-42(82)30-79(47)66(96)39(22-48(46)83)23-54(88)69-27-37-11-13-40(14-12-37)72-61(92)35(5)19-49(84)58(33(2)3)75-53(87)17-18-78-57(91)26-52(67(78)97)100-68(7,8)9/h11-16,24,33-36,38-39,42,46-47,51-52,58-60,74,80-82,86H,10,17-23,25-32H2,1-9H3,(H,69,88)(H,70,93)(H,71,95)(H,72,92)(H,73,89)(H,75,87)(H,76,90)(H,77,94)/t34-,35+,36-,38+,39-,42+,46-,47-,51-,52?,58-,59-,60-/m0/s1. The third-order valence-corrected chi connectivity index (χ3v) is 21.6. The number of H-pyrrole nitrogens is 1. The number of aromatic amines is 1. The average Bonchev–Trinajstić information content (AvgIpc) is 1.63. The van der Waals surface area contributed by atoms with Gasteiger partial charge in [-0.2, -0.15) is 0 Å². The number of amides is 11. The Morgan fingerprint density at radius 3 is 2.09 bits per heavy atom. The highest BCUT2D eigenvalue weighted by Gasteiger charge is 2.47. The Hall–Kier alpha value is -8.66. The molecule has 4 aliphatic rings. The van der Waals surface area contributed by atoms with Gasteiger partial charge in [0.15, 0.2) is 27.2 Å². The number of aliphatic hydroxyl groups excluding tert-OH is 3.